The summed E-state index contributed by atoms with van der Waals surface area (Å²) in [7, 11) is 0. The first-order valence-electron chi connectivity index (χ1n) is 5.72. The van der Waals surface area contributed by atoms with E-state index in [4.69, 9.17) is 0 Å². The number of nitrogens with one attached hydrogen (secondary N) is 1. The molecule has 0 saturated carbocycles. The number of rotatable bonds is 2. The summed E-state index contributed by atoms with van der Waals surface area (Å²) in [4.78, 5) is 4.48. The van der Waals surface area contributed by atoms with Crippen molar-refractivity contribution in [1.82, 2.24) is 4.98 Å². The van der Waals surface area contributed by atoms with E-state index >= 15 is 0 Å². The number of hydrogen-bond acceptors (Lipinski definition) is 3. The third-order valence-electron chi connectivity index (χ3n) is 2.86. The highest BCUT2D eigenvalue weighted by Crippen LogP contribution is 2.31. The number of fused-ring (bicyclic) bond motifs is 1. The van der Waals surface area contributed by atoms with Crippen LogP contribution in [0.4, 0.5) is 15.2 Å². The number of anilines is 2. The van der Waals surface area contributed by atoms with Crippen LogP contribution < -0.4 is 5.32 Å². The van der Waals surface area contributed by atoms with Gasteiger partial charge in [-0.1, -0.05) is 33.3 Å². The van der Waals surface area contributed by atoms with Gasteiger partial charge in [0.2, 0.25) is 0 Å². The highest BCUT2D eigenvalue weighted by atomic mass is 79.9. The molecular weight excluding hydrogens is 327 g/mol. The Morgan fingerprint density at radius 3 is 2.95 bits per heavy atom. The summed E-state index contributed by atoms with van der Waals surface area (Å²) in [6.45, 7) is 1.75. The van der Waals surface area contributed by atoms with E-state index in [1.54, 1.807) is 24.3 Å². The first-order chi connectivity index (χ1) is 9.13. The van der Waals surface area contributed by atoms with E-state index in [0.29, 0.717) is 5.56 Å². The normalized spacial score (nSPS) is 10.9. The number of hydrogen-bond donors (Lipinski definition) is 1. The van der Waals surface area contributed by atoms with E-state index in [2.05, 4.69) is 26.2 Å². The molecule has 0 fully saturated rings. The van der Waals surface area contributed by atoms with Crippen LogP contribution in [-0.4, -0.2) is 4.98 Å². The van der Waals surface area contributed by atoms with Gasteiger partial charge in [0.25, 0.3) is 0 Å². The minimum Gasteiger partial charge on any atom is -0.331 e. The molecule has 5 heteroatoms. The van der Waals surface area contributed by atoms with Gasteiger partial charge in [-0.2, -0.15) is 0 Å². The summed E-state index contributed by atoms with van der Waals surface area (Å²) in [6, 6.07) is 10.9. The van der Waals surface area contributed by atoms with Crippen molar-refractivity contribution in [2.45, 2.75) is 6.92 Å². The molecule has 19 heavy (non-hydrogen) atoms. The Kier molecular flexibility index (Phi) is 3.24. The summed E-state index contributed by atoms with van der Waals surface area (Å²) in [5, 5.41) is 3.94. The monoisotopic (exact) mass is 336 g/mol. The van der Waals surface area contributed by atoms with E-state index in [0.717, 1.165) is 25.5 Å². The largest absolute Gasteiger partial charge is 0.331 e. The van der Waals surface area contributed by atoms with Gasteiger partial charge in [-0.3, -0.25) is 0 Å². The smallest absolute Gasteiger partial charge is 0.188 e. The van der Waals surface area contributed by atoms with Crippen molar-refractivity contribution >= 4 is 48.3 Å². The van der Waals surface area contributed by atoms with E-state index < -0.39 is 0 Å². The molecular formula is C14H10BrFN2S. The van der Waals surface area contributed by atoms with Crippen LogP contribution >= 0.6 is 27.3 Å². The zero-order chi connectivity index (χ0) is 13.4. The van der Waals surface area contributed by atoms with Gasteiger partial charge >= 0.3 is 0 Å². The van der Waals surface area contributed by atoms with Crippen LogP contribution in [0, 0.1) is 12.7 Å². The second-order valence-corrected chi connectivity index (χ2v) is 6.11. The first kappa shape index (κ1) is 12.6. The summed E-state index contributed by atoms with van der Waals surface area (Å²) in [5.41, 5.74) is 2.28. The summed E-state index contributed by atoms with van der Waals surface area (Å²) >= 11 is 4.98. The molecule has 1 N–H and O–H groups in total. The van der Waals surface area contributed by atoms with Crippen LogP contribution in [-0.2, 0) is 0 Å². The van der Waals surface area contributed by atoms with E-state index in [1.165, 1.54) is 6.07 Å². The van der Waals surface area contributed by atoms with Gasteiger partial charge in [-0.05, 0) is 37.3 Å². The molecule has 0 radical (unpaired) electrons. The molecule has 2 aromatic carbocycles. The summed E-state index contributed by atoms with van der Waals surface area (Å²) < 4.78 is 15.6. The second kappa shape index (κ2) is 4.90. The standard InChI is InChI=1S/C14H10BrFN2S/c1-8-10(16)3-2-4-11(8)17-14-18-12-6-5-9(15)7-13(12)19-14/h2-7H,1H3,(H,17,18). The van der Waals surface area contributed by atoms with Gasteiger partial charge in [0.15, 0.2) is 5.13 Å². The van der Waals surface area contributed by atoms with Crippen LogP contribution in [0.2, 0.25) is 0 Å². The molecule has 3 rings (SSSR count). The fourth-order valence-electron chi connectivity index (χ4n) is 1.81. The highest BCUT2D eigenvalue weighted by molar-refractivity contribution is 9.10. The molecule has 3 aromatic rings. The van der Waals surface area contributed by atoms with Gasteiger partial charge < -0.3 is 5.32 Å². The maximum atomic E-state index is 13.5. The molecule has 0 bridgehead atoms. The Bertz CT molecular complexity index is 754. The van der Waals surface area contributed by atoms with Gasteiger partial charge in [0.05, 0.1) is 10.2 Å². The molecule has 0 amide bonds. The Hall–Kier alpha value is -1.46. The molecule has 0 atom stereocenters. The number of nitrogens with zero attached hydrogens (tertiary/aromatic N) is 1. The average Bonchev–Trinajstić information content (AvgIpc) is 2.76. The lowest BCUT2D eigenvalue weighted by Gasteiger charge is -2.06. The van der Waals surface area contributed by atoms with Crippen molar-refractivity contribution in [3.05, 3.63) is 52.3 Å². The number of benzene rings is 2. The van der Waals surface area contributed by atoms with Crippen molar-refractivity contribution < 1.29 is 4.39 Å². The van der Waals surface area contributed by atoms with Gasteiger partial charge in [-0.25, -0.2) is 9.37 Å². The van der Waals surface area contributed by atoms with Crippen molar-refractivity contribution in [1.29, 1.82) is 0 Å². The van der Waals surface area contributed by atoms with Crippen LogP contribution in [0.1, 0.15) is 5.56 Å². The number of aromatic nitrogens is 1. The van der Waals surface area contributed by atoms with Crippen LogP contribution in [0.3, 0.4) is 0 Å². The van der Waals surface area contributed by atoms with Crippen molar-refractivity contribution in [3.63, 3.8) is 0 Å². The topological polar surface area (TPSA) is 24.9 Å². The quantitative estimate of drug-likeness (QED) is 0.691. The lowest BCUT2D eigenvalue weighted by Crippen LogP contribution is -1.94. The summed E-state index contributed by atoms with van der Waals surface area (Å²) in [5.74, 6) is -0.214. The molecule has 0 spiro atoms. The Morgan fingerprint density at radius 1 is 1.26 bits per heavy atom. The lowest BCUT2D eigenvalue weighted by molar-refractivity contribution is 0.619. The average molecular weight is 337 g/mol. The van der Waals surface area contributed by atoms with E-state index in [1.807, 2.05) is 24.3 Å². The van der Waals surface area contributed by atoms with Gasteiger partial charge in [0, 0.05) is 15.7 Å². The van der Waals surface area contributed by atoms with Gasteiger partial charge in [0.1, 0.15) is 5.82 Å². The van der Waals surface area contributed by atoms with E-state index in [-0.39, 0.29) is 5.82 Å². The third-order valence-corrected chi connectivity index (χ3v) is 4.29. The number of halogens is 2. The van der Waals surface area contributed by atoms with Crippen molar-refractivity contribution in [2.24, 2.45) is 0 Å². The minimum atomic E-state index is -0.214. The van der Waals surface area contributed by atoms with Crippen LogP contribution in [0.15, 0.2) is 40.9 Å². The molecule has 0 aliphatic rings. The molecule has 96 valence electrons. The van der Waals surface area contributed by atoms with E-state index in [9.17, 15) is 4.39 Å². The third kappa shape index (κ3) is 2.48. The molecule has 1 heterocycles. The zero-order valence-electron chi connectivity index (χ0n) is 10.1. The lowest BCUT2D eigenvalue weighted by atomic mass is 10.2. The maximum Gasteiger partial charge on any atom is 0.188 e. The van der Waals surface area contributed by atoms with Crippen LogP contribution in [0.5, 0.6) is 0 Å². The van der Waals surface area contributed by atoms with Crippen LogP contribution in [0.25, 0.3) is 10.2 Å². The highest BCUT2D eigenvalue weighted by Gasteiger charge is 2.07. The Labute approximate surface area is 122 Å². The Morgan fingerprint density at radius 2 is 2.11 bits per heavy atom. The molecule has 0 aliphatic carbocycles. The van der Waals surface area contributed by atoms with Crippen molar-refractivity contribution in [2.75, 3.05) is 5.32 Å². The zero-order valence-corrected chi connectivity index (χ0v) is 12.5. The predicted molar refractivity (Wildman–Crippen MR) is 81.7 cm³/mol. The fraction of sp³-hybridized carbons (Fsp3) is 0.0714. The maximum absolute atomic E-state index is 13.5. The summed E-state index contributed by atoms with van der Waals surface area (Å²) in [6.07, 6.45) is 0. The number of thiazole rings is 1. The minimum absolute atomic E-state index is 0.214. The second-order valence-electron chi connectivity index (χ2n) is 4.17. The predicted octanol–water partition coefficient (Wildman–Crippen LogP) is 5.25. The SMILES string of the molecule is Cc1c(F)cccc1Nc1nc2ccc(Br)cc2s1. The molecule has 0 unspecified atom stereocenters. The Balaban J connectivity index is 1.99. The molecule has 0 saturated heterocycles. The molecule has 2 nitrogen and oxygen atoms in total. The molecule has 0 aliphatic heterocycles. The molecule has 1 aromatic heterocycles. The van der Waals surface area contributed by atoms with Crippen molar-refractivity contribution in [3.8, 4) is 0 Å². The first-order valence-corrected chi connectivity index (χ1v) is 7.32. The van der Waals surface area contributed by atoms with Gasteiger partial charge in [-0.15, -0.1) is 0 Å². The fourth-order valence-corrected chi connectivity index (χ4v) is 3.24.